The lowest BCUT2D eigenvalue weighted by Gasteiger charge is -2.17. The molecule has 2 atom stereocenters. The van der Waals surface area contributed by atoms with E-state index in [0.717, 1.165) is 12.8 Å². The van der Waals surface area contributed by atoms with Crippen molar-refractivity contribution < 1.29 is 23.2 Å². The second kappa shape index (κ2) is 15.3. The molecule has 0 fully saturated rings. The van der Waals surface area contributed by atoms with Crippen molar-refractivity contribution in [1.29, 1.82) is 0 Å². The van der Waals surface area contributed by atoms with Crippen molar-refractivity contribution in [2.45, 2.75) is 84.2 Å². The van der Waals surface area contributed by atoms with E-state index < -0.39 is 7.82 Å². The van der Waals surface area contributed by atoms with E-state index in [1.165, 1.54) is 57.4 Å². The number of unbranched alkanes of at least 4 members (excludes halogenated alkanes) is 9. The fourth-order valence-electron chi connectivity index (χ4n) is 2.79. The first-order valence-corrected chi connectivity index (χ1v) is 12.3. The lowest BCUT2D eigenvalue weighted by Crippen LogP contribution is -2.16. The molecule has 0 heterocycles. The smallest absolute Gasteiger partial charge is 0.403 e. The maximum atomic E-state index is 12.0. The third-order valence-electron chi connectivity index (χ3n) is 4.42. The van der Waals surface area contributed by atoms with Crippen LogP contribution in [0.2, 0.25) is 5.02 Å². The highest BCUT2D eigenvalue weighted by Crippen LogP contribution is 2.45. The molecule has 0 amide bonds. The van der Waals surface area contributed by atoms with Crippen LogP contribution in [0, 0.1) is 0 Å². The summed E-state index contributed by atoms with van der Waals surface area (Å²) in [4.78, 5) is 9.80. The van der Waals surface area contributed by atoms with Crippen LogP contribution >= 0.6 is 19.4 Å². The van der Waals surface area contributed by atoms with Gasteiger partial charge in [-0.15, -0.1) is 0 Å². The number of rotatable bonds is 17. The van der Waals surface area contributed by atoms with E-state index in [4.69, 9.17) is 25.4 Å². The highest BCUT2D eigenvalue weighted by Gasteiger charge is 2.25. The molecule has 1 N–H and O–H groups in total. The fourth-order valence-corrected chi connectivity index (χ4v) is 3.88. The van der Waals surface area contributed by atoms with E-state index >= 15 is 0 Å². The van der Waals surface area contributed by atoms with Gasteiger partial charge in [0.1, 0.15) is 5.75 Å². The highest BCUT2D eigenvalue weighted by atomic mass is 35.5. The Kier molecular flexibility index (Phi) is 13.9. The number of halogens is 1. The minimum Gasteiger partial charge on any atom is -0.403 e. The van der Waals surface area contributed by atoms with Gasteiger partial charge in [-0.25, -0.2) is 4.57 Å². The Morgan fingerprint density at radius 3 is 2.18 bits per heavy atom. The average molecular weight is 435 g/mol. The maximum absolute atomic E-state index is 12.0. The number of para-hydroxylation sites is 1. The lowest BCUT2D eigenvalue weighted by atomic mass is 10.1. The first kappa shape index (κ1) is 25.5. The quantitative estimate of drug-likeness (QED) is 0.208. The van der Waals surface area contributed by atoms with E-state index in [0.29, 0.717) is 6.61 Å². The van der Waals surface area contributed by atoms with Crippen molar-refractivity contribution in [1.82, 2.24) is 0 Å². The lowest BCUT2D eigenvalue weighted by molar-refractivity contribution is 0.0224. The van der Waals surface area contributed by atoms with Crippen molar-refractivity contribution in [2.24, 2.45) is 0 Å². The summed E-state index contributed by atoms with van der Waals surface area (Å²) >= 11 is 5.91. The second-order valence-electron chi connectivity index (χ2n) is 7.15. The SMILES string of the molecule is CCCCCCCCCCCCO[C@@H](C)COP(=O)(O)Oc1ccccc1Cl. The van der Waals surface area contributed by atoms with E-state index in [1.807, 2.05) is 6.92 Å². The van der Waals surface area contributed by atoms with Crippen LogP contribution in [-0.2, 0) is 13.8 Å². The summed E-state index contributed by atoms with van der Waals surface area (Å²) in [6.07, 6.45) is 12.5. The van der Waals surface area contributed by atoms with Crippen molar-refractivity contribution in [3.05, 3.63) is 29.3 Å². The van der Waals surface area contributed by atoms with E-state index in [9.17, 15) is 9.46 Å². The van der Waals surface area contributed by atoms with Gasteiger partial charge < -0.3 is 9.26 Å². The molecule has 1 aromatic rings. The van der Waals surface area contributed by atoms with Crippen molar-refractivity contribution in [3.63, 3.8) is 0 Å². The molecule has 1 unspecified atom stereocenters. The molecule has 0 saturated carbocycles. The summed E-state index contributed by atoms with van der Waals surface area (Å²) in [7, 11) is -4.23. The predicted molar refractivity (Wildman–Crippen MR) is 115 cm³/mol. The van der Waals surface area contributed by atoms with Crippen LogP contribution < -0.4 is 4.52 Å². The molecule has 0 aliphatic heterocycles. The van der Waals surface area contributed by atoms with Crippen LogP contribution in [0.4, 0.5) is 0 Å². The summed E-state index contributed by atoms with van der Waals surface area (Å²) in [5, 5.41) is 0.255. The minimum absolute atomic E-state index is 0.0179. The molecule has 5 nitrogen and oxygen atoms in total. The van der Waals surface area contributed by atoms with Gasteiger partial charge in [0.15, 0.2) is 0 Å². The van der Waals surface area contributed by atoms with Gasteiger partial charge >= 0.3 is 7.82 Å². The minimum atomic E-state index is -4.23. The third kappa shape index (κ3) is 12.8. The van der Waals surface area contributed by atoms with Gasteiger partial charge in [-0.1, -0.05) is 88.4 Å². The predicted octanol–water partition coefficient (Wildman–Crippen LogP) is 7.16. The number of phosphoric ester groups is 1. The molecule has 28 heavy (non-hydrogen) atoms. The van der Waals surface area contributed by atoms with E-state index in [2.05, 4.69) is 6.92 Å². The number of benzene rings is 1. The largest absolute Gasteiger partial charge is 0.527 e. The van der Waals surface area contributed by atoms with Crippen molar-refractivity contribution in [3.8, 4) is 5.75 Å². The van der Waals surface area contributed by atoms with Crippen molar-refractivity contribution in [2.75, 3.05) is 13.2 Å². The average Bonchev–Trinajstić information content (AvgIpc) is 2.66. The molecule has 7 heteroatoms. The van der Waals surface area contributed by atoms with Crippen LogP contribution in [-0.4, -0.2) is 24.2 Å². The number of ether oxygens (including phenoxy) is 1. The molecular formula is C21H36ClO5P. The molecule has 0 bridgehead atoms. The Labute approximate surface area is 175 Å². The fraction of sp³-hybridized carbons (Fsp3) is 0.714. The van der Waals surface area contributed by atoms with Crippen LogP contribution in [0.5, 0.6) is 5.75 Å². The van der Waals surface area contributed by atoms with Gasteiger partial charge in [0.05, 0.1) is 17.7 Å². The Morgan fingerprint density at radius 1 is 1.00 bits per heavy atom. The molecule has 1 rings (SSSR count). The van der Waals surface area contributed by atoms with Gasteiger partial charge in [0.2, 0.25) is 0 Å². The van der Waals surface area contributed by atoms with E-state index in [-0.39, 0.29) is 23.5 Å². The zero-order chi connectivity index (χ0) is 20.7. The molecule has 0 aliphatic rings. The zero-order valence-corrected chi connectivity index (χ0v) is 18.9. The standard InChI is InChI=1S/C21H36ClO5P/c1-3-4-5-6-7-8-9-10-11-14-17-25-19(2)18-26-28(23,24)27-21-16-13-12-15-20(21)22/h12-13,15-16,19H,3-11,14,17-18H2,1-2H3,(H,23,24)/t19-/m0/s1. The summed E-state index contributed by atoms with van der Waals surface area (Å²) in [5.74, 6) is 0.119. The molecule has 0 spiro atoms. The maximum Gasteiger partial charge on any atom is 0.527 e. The number of hydrogen-bond acceptors (Lipinski definition) is 4. The number of phosphoric acid groups is 1. The van der Waals surface area contributed by atoms with Gasteiger partial charge in [-0.3, -0.25) is 9.42 Å². The molecule has 1 aromatic carbocycles. The Hall–Kier alpha value is -0.580. The summed E-state index contributed by atoms with van der Waals surface area (Å²) < 4.78 is 27.6. The van der Waals surface area contributed by atoms with Crippen LogP contribution in [0.3, 0.4) is 0 Å². The highest BCUT2D eigenvalue weighted by molar-refractivity contribution is 7.47. The van der Waals surface area contributed by atoms with Gasteiger partial charge in [-0.2, -0.15) is 0 Å². The Balaban J connectivity index is 2.03. The number of hydrogen-bond donors (Lipinski definition) is 1. The molecule has 0 radical (unpaired) electrons. The third-order valence-corrected chi connectivity index (χ3v) is 5.64. The summed E-state index contributed by atoms with van der Waals surface area (Å²) in [6.45, 7) is 4.66. The molecule has 162 valence electrons. The first-order chi connectivity index (χ1) is 13.4. The summed E-state index contributed by atoms with van der Waals surface area (Å²) in [6, 6.07) is 6.47. The Bertz CT molecular complexity index is 569. The van der Waals surface area contributed by atoms with Crippen molar-refractivity contribution >= 4 is 19.4 Å². The Morgan fingerprint density at radius 2 is 1.57 bits per heavy atom. The van der Waals surface area contributed by atoms with Crippen LogP contribution in [0.25, 0.3) is 0 Å². The van der Waals surface area contributed by atoms with E-state index in [1.54, 1.807) is 18.2 Å². The molecule has 0 saturated heterocycles. The zero-order valence-electron chi connectivity index (χ0n) is 17.3. The van der Waals surface area contributed by atoms with Gasteiger partial charge in [-0.05, 0) is 25.5 Å². The second-order valence-corrected chi connectivity index (χ2v) is 8.93. The molecular weight excluding hydrogens is 399 g/mol. The van der Waals surface area contributed by atoms with Crippen LogP contribution in [0.1, 0.15) is 78.1 Å². The molecule has 0 aromatic heterocycles. The van der Waals surface area contributed by atoms with Crippen LogP contribution in [0.15, 0.2) is 24.3 Å². The molecule has 0 aliphatic carbocycles. The normalized spacial score (nSPS) is 14.6. The first-order valence-electron chi connectivity index (χ1n) is 10.5. The van der Waals surface area contributed by atoms with Gasteiger partial charge in [0.25, 0.3) is 0 Å². The topological polar surface area (TPSA) is 65.0 Å². The summed E-state index contributed by atoms with van der Waals surface area (Å²) in [5.41, 5.74) is 0. The van der Waals surface area contributed by atoms with Gasteiger partial charge in [0, 0.05) is 6.61 Å². The monoisotopic (exact) mass is 434 g/mol.